The van der Waals surface area contributed by atoms with Gasteiger partial charge in [0.1, 0.15) is 0 Å². The first kappa shape index (κ1) is 13.3. The fraction of sp³-hybridized carbons (Fsp3) is 0.733. The molecule has 1 N–H and O–H groups in total. The minimum atomic E-state index is 0.588. The van der Waals surface area contributed by atoms with Crippen LogP contribution < -0.4 is 0 Å². The van der Waals surface area contributed by atoms with Crippen LogP contribution in [0.3, 0.4) is 0 Å². The van der Waals surface area contributed by atoms with Crippen LogP contribution >= 0.6 is 0 Å². The summed E-state index contributed by atoms with van der Waals surface area (Å²) in [6.07, 6.45) is 0. The van der Waals surface area contributed by atoms with E-state index in [1.165, 1.54) is 17.0 Å². The molecule has 0 aromatic carbocycles. The SMILES string of the molecule is CC(C)c1cc(C(C)C(C)C)[nH]c1C(C)C. The highest BCUT2D eigenvalue weighted by atomic mass is 14.7. The van der Waals surface area contributed by atoms with Crippen molar-refractivity contribution in [3.63, 3.8) is 0 Å². The first-order valence-electron chi connectivity index (χ1n) is 6.57. The van der Waals surface area contributed by atoms with Crippen LogP contribution in [-0.2, 0) is 0 Å². The number of rotatable bonds is 4. The Labute approximate surface area is 101 Å². The van der Waals surface area contributed by atoms with E-state index in [2.05, 4.69) is 59.5 Å². The van der Waals surface area contributed by atoms with Crippen molar-refractivity contribution >= 4 is 0 Å². The monoisotopic (exact) mass is 221 g/mol. The van der Waals surface area contributed by atoms with Crippen LogP contribution in [0, 0.1) is 5.92 Å². The summed E-state index contributed by atoms with van der Waals surface area (Å²) in [6, 6.07) is 2.38. The summed E-state index contributed by atoms with van der Waals surface area (Å²) < 4.78 is 0. The van der Waals surface area contributed by atoms with Crippen molar-refractivity contribution in [2.45, 2.75) is 66.2 Å². The van der Waals surface area contributed by atoms with Gasteiger partial charge in [0, 0.05) is 11.4 Å². The van der Waals surface area contributed by atoms with E-state index in [9.17, 15) is 0 Å². The Hall–Kier alpha value is -0.720. The highest BCUT2D eigenvalue weighted by molar-refractivity contribution is 5.32. The van der Waals surface area contributed by atoms with Crippen LogP contribution in [0.5, 0.6) is 0 Å². The van der Waals surface area contributed by atoms with E-state index in [0.717, 1.165) is 0 Å². The molecule has 0 saturated heterocycles. The third-order valence-electron chi connectivity index (χ3n) is 3.59. The van der Waals surface area contributed by atoms with E-state index in [-0.39, 0.29) is 0 Å². The largest absolute Gasteiger partial charge is 0.362 e. The lowest BCUT2D eigenvalue weighted by Gasteiger charge is -2.13. The van der Waals surface area contributed by atoms with E-state index in [0.29, 0.717) is 23.7 Å². The predicted octanol–water partition coefficient (Wildman–Crippen LogP) is 5.02. The number of hydrogen-bond donors (Lipinski definition) is 1. The van der Waals surface area contributed by atoms with Gasteiger partial charge in [-0.3, -0.25) is 0 Å². The first-order chi connectivity index (χ1) is 7.34. The van der Waals surface area contributed by atoms with Crippen LogP contribution in [0.2, 0.25) is 0 Å². The molecule has 1 nitrogen and oxygen atoms in total. The van der Waals surface area contributed by atoms with Gasteiger partial charge >= 0.3 is 0 Å². The Morgan fingerprint density at radius 2 is 1.44 bits per heavy atom. The van der Waals surface area contributed by atoms with Crippen molar-refractivity contribution in [1.29, 1.82) is 0 Å². The van der Waals surface area contributed by atoms with Crippen molar-refractivity contribution in [2.24, 2.45) is 5.92 Å². The lowest BCUT2D eigenvalue weighted by molar-refractivity contribution is 0.524. The maximum atomic E-state index is 3.64. The summed E-state index contributed by atoms with van der Waals surface area (Å²) in [7, 11) is 0. The second-order valence-corrected chi connectivity index (χ2v) is 5.94. The smallest absolute Gasteiger partial charge is 0.0210 e. The molecule has 1 rings (SSSR count). The summed E-state index contributed by atoms with van der Waals surface area (Å²) in [6.45, 7) is 16.0. The lowest BCUT2D eigenvalue weighted by Crippen LogP contribution is -2.02. The average Bonchev–Trinajstić information content (AvgIpc) is 2.60. The van der Waals surface area contributed by atoms with Crippen molar-refractivity contribution < 1.29 is 0 Å². The normalized spacial score (nSPS) is 14.1. The molecule has 1 atom stereocenters. The highest BCUT2D eigenvalue weighted by Gasteiger charge is 2.18. The molecule has 0 fully saturated rings. The lowest BCUT2D eigenvalue weighted by atomic mass is 9.93. The molecule has 1 heterocycles. The highest BCUT2D eigenvalue weighted by Crippen LogP contribution is 2.31. The van der Waals surface area contributed by atoms with Gasteiger partial charge in [-0.25, -0.2) is 0 Å². The Morgan fingerprint density at radius 3 is 1.75 bits per heavy atom. The van der Waals surface area contributed by atoms with Gasteiger partial charge in [-0.15, -0.1) is 0 Å². The second kappa shape index (κ2) is 5.07. The number of nitrogens with one attached hydrogen (secondary N) is 1. The van der Waals surface area contributed by atoms with Crippen LogP contribution in [-0.4, -0.2) is 4.98 Å². The number of H-pyrrole nitrogens is 1. The molecular formula is C15H27N. The molecule has 0 saturated carbocycles. The molecular weight excluding hydrogens is 194 g/mol. The molecule has 0 amide bonds. The molecule has 0 bridgehead atoms. The van der Waals surface area contributed by atoms with Gasteiger partial charge in [0.2, 0.25) is 0 Å². The van der Waals surface area contributed by atoms with Gasteiger partial charge < -0.3 is 4.98 Å². The molecule has 0 aliphatic rings. The Balaban J connectivity index is 3.11. The summed E-state index contributed by atoms with van der Waals surface area (Å²) in [5.74, 6) is 2.51. The quantitative estimate of drug-likeness (QED) is 0.734. The number of aromatic nitrogens is 1. The standard InChI is InChI=1S/C15H27N/c1-9(2)12(7)14-8-13(10(3)4)15(16-14)11(5)6/h8-12,16H,1-7H3. The number of aromatic amines is 1. The topological polar surface area (TPSA) is 15.8 Å². The fourth-order valence-corrected chi connectivity index (χ4v) is 2.07. The van der Waals surface area contributed by atoms with Crippen LogP contribution in [0.25, 0.3) is 0 Å². The van der Waals surface area contributed by atoms with E-state index in [4.69, 9.17) is 0 Å². The van der Waals surface area contributed by atoms with Crippen LogP contribution in [0.4, 0.5) is 0 Å². The zero-order chi connectivity index (χ0) is 12.5. The van der Waals surface area contributed by atoms with Gasteiger partial charge in [-0.1, -0.05) is 48.5 Å². The molecule has 0 aliphatic carbocycles. The Morgan fingerprint density at radius 1 is 0.875 bits per heavy atom. The summed E-state index contributed by atoms with van der Waals surface area (Å²) in [5.41, 5.74) is 4.33. The Bertz CT molecular complexity index is 306. The van der Waals surface area contributed by atoms with Crippen molar-refractivity contribution in [3.05, 3.63) is 23.0 Å². The van der Waals surface area contributed by atoms with E-state index >= 15 is 0 Å². The minimum absolute atomic E-state index is 0.588. The van der Waals surface area contributed by atoms with E-state index < -0.39 is 0 Å². The molecule has 92 valence electrons. The average molecular weight is 221 g/mol. The van der Waals surface area contributed by atoms with Gasteiger partial charge in [0.25, 0.3) is 0 Å². The molecule has 0 aliphatic heterocycles. The van der Waals surface area contributed by atoms with Gasteiger partial charge in [-0.2, -0.15) is 0 Å². The molecule has 0 spiro atoms. The van der Waals surface area contributed by atoms with Crippen LogP contribution in [0.15, 0.2) is 6.07 Å². The minimum Gasteiger partial charge on any atom is -0.362 e. The molecule has 0 radical (unpaired) electrons. The second-order valence-electron chi connectivity index (χ2n) is 5.94. The predicted molar refractivity (Wildman–Crippen MR) is 72.2 cm³/mol. The zero-order valence-electron chi connectivity index (χ0n) is 11.9. The Kier molecular flexibility index (Phi) is 4.23. The van der Waals surface area contributed by atoms with Crippen LogP contribution in [0.1, 0.15) is 83.2 Å². The zero-order valence-corrected chi connectivity index (χ0v) is 11.9. The number of hydrogen-bond acceptors (Lipinski definition) is 0. The maximum absolute atomic E-state index is 3.64. The van der Waals surface area contributed by atoms with Crippen molar-refractivity contribution in [1.82, 2.24) is 4.98 Å². The summed E-state index contributed by atoms with van der Waals surface area (Å²) >= 11 is 0. The first-order valence-corrected chi connectivity index (χ1v) is 6.57. The molecule has 1 aromatic heterocycles. The molecule has 16 heavy (non-hydrogen) atoms. The van der Waals surface area contributed by atoms with Gasteiger partial charge in [-0.05, 0) is 35.3 Å². The third-order valence-corrected chi connectivity index (χ3v) is 3.59. The molecule has 1 heteroatoms. The summed E-state index contributed by atoms with van der Waals surface area (Å²) in [4.78, 5) is 3.64. The van der Waals surface area contributed by atoms with Crippen molar-refractivity contribution in [3.8, 4) is 0 Å². The molecule has 1 unspecified atom stereocenters. The summed E-state index contributed by atoms with van der Waals surface area (Å²) in [5, 5.41) is 0. The molecule has 1 aromatic rings. The van der Waals surface area contributed by atoms with E-state index in [1.54, 1.807) is 0 Å². The van der Waals surface area contributed by atoms with Gasteiger partial charge in [0.05, 0.1) is 0 Å². The fourth-order valence-electron chi connectivity index (χ4n) is 2.07. The maximum Gasteiger partial charge on any atom is 0.0210 e. The van der Waals surface area contributed by atoms with Crippen molar-refractivity contribution in [2.75, 3.05) is 0 Å². The third kappa shape index (κ3) is 2.69. The van der Waals surface area contributed by atoms with E-state index in [1.807, 2.05) is 0 Å². The van der Waals surface area contributed by atoms with Gasteiger partial charge in [0.15, 0.2) is 0 Å².